The molecule has 1 fully saturated rings. The van der Waals surface area contributed by atoms with Gasteiger partial charge in [-0.25, -0.2) is 9.29 Å². The first-order chi connectivity index (χ1) is 9.24. The van der Waals surface area contributed by atoms with Gasteiger partial charge in [0.15, 0.2) is 5.82 Å². The molecule has 1 aliphatic heterocycles. The Balaban J connectivity index is 2.08. The van der Waals surface area contributed by atoms with Crippen molar-refractivity contribution in [2.24, 2.45) is 5.73 Å². The maximum absolute atomic E-state index is 11.9. The molecule has 1 aliphatic rings. The van der Waals surface area contributed by atoms with E-state index >= 15 is 0 Å². The molecule has 3 N–H and O–H groups in total. The molecule has 2 heterocycles. The van der Waals surface area contributed by atoms with Crippen LogP contribution >= 0.6 is 11.9 Å². The molecule has 0 bridgehead atoms. The number of piperazine rings is 1. The number of hydrogen-bond donors (Lipinski definition) is 2. The number of aromatic amines is 1. The highest BCUT2D eigenvalue weighted by Crippen LogP contribution is 2.14. The summed E-state index contributed by atoms with van der Waals surface area (Å²) in [5.41, 5.74) is 6.31. The van der Waals surface area contributed by atoms with Crippen molar-refractivity contribution in [2.75, 3.05) is 43.9 Å². The third-order valence-electron chi connectivity index (χ3n) is 3.26. The lowest BCUT2D eigenvalue weighted by molar-refractivity contribution is 0.428. The van der Waals surface area contributed by atoms with Crippen LogP contribution in [0.25, 0.3) is 0 Å². The van der Waals surface area contributed by atoms with E-state index in [9.17, 15) is 4.79 Å². The van der Waals surface area contributed by atoms with Crippen LogP contribution in [0.15, 0.2) is 11.0 Å². The average molecular weight is 283 g/mol. The molecule has 19 heavy (non-hydrogen) atoms. The molecule has 1 aromatic heterocycles. The molecule has 7 heteroatoms. The summed E-state index contributed by atoms with van der Waals surface area (Å²) in [6.07, 6.45) is 5.47. The summed E-state index contributed by atoms with van der Waals surface area (Å²) in [5, 5.41) is 0. The lowest BCUT2D eigenvalue weighted by atomic mass is 10.2. The van der Waals surface area contributed by atoms with Gasteiger partial charge in [-0.05, 0) is 25.6 Å². The van der Waals surface area contributed by atoms with E-state index in [-0.39, 0.29) is 5.56 Å². The number of anilines is 1. The standard InChI is InChI=1S/C12H21N5OS/c1-19-17-7-5-16(6-8-17)11-12(18)14-9-10(15-11)3-2-4-13/h9H,2-8,13H2,1H3,(H,14,18). The van der Waals surface area contributed by atoms with E-state index in [0.717, 1.165) is 44.7 Å². The fourth-order valence-corrected chi connectivity index (χ4v) is 2.67. The molecular formula is C12H21N5OS. The predicted octanol–water partition coefficient (Wildman–Crippen LogP) is 0.0612. The molecule has 0 spiro atoms. The highest BCUT2D eigenvalue weighted by atomic mass is 32.2. The van der Waals surface area contributed by atoms with Crippen LogP contribution < -0.4 is 16.2 Å². The maximum Gasteiger partial charge on any atom is 0.290 e. The Morgan fingerprint density at radius 2 is 2.16 bits per heavy atom. The van der Waals surface area contributed by atoms with Gasteiger partial charge in [0.25, 0.3) is 5.56 Å². The summed E-state index contributed by atoms with van der Waals surface area (Å²) in [4.78, 5) is 21.2. The second kappa shape index (κ2) is 6.93. The van der Waals surface area contributed by atoms with Crippen LogP contribution in [0, 0.1) is 0 Å². The van der Waals surface area contributed by atoms with Gasteiger partial charge in [0, 0.05) is 32.4 Å². The van der Waals surface area contributed by atoms with Gasteiger partial charge in [0.2, 0.25) is 0 Å². The Morgan fingerprint density at radius 1 is 1.42 bits per heavy atom. The van der Waals surface area contributed by atoms with E-state index in [4.69, 9.17) is 5.73 Å². The van der Waals surface area contributed by atoms with Gasteiger partial charge in [0.05, 0.1) is 5.69 Å². The van der Waals surface area contributed by atoms with E-state index in [1.54, 1.807) is 18.1 Å². The Kier molecular flexibility index (Phi) is 5.24. The van der Waals surface area contributed by atoms with Crippen LogP contribution in [0.5, 0.6) is 0 Å². The quantitative estimate of drug-likeness (QED) is 0.744. The Morgan fingerprint density at radius 3 is 2.79 bits per heavy atom. The van der Waals surface area contributed by atoms with Crippen molar-refractivity contribution in [3.05, 3.63) is 22.2 Å². The minimum Gasteiger partial charge on any atom is -0.349 e. The van der Waals surface area contributed by atoms with E-state index < -0.39 is 0 Å². The van der Waals surface area contributed by atoms with Crippen LogP contribution in [-0.2, 0) is 6.42 Å². The van der Waals surface area contributed by atoms with Crippen molar-refractivity contribution < 1.29 is 0 Å². The van der Waals surface area contributed by atoms with E-state index in [0.29, 0.717) is 12.4 Å². The molecule has 1 saturated heterocycles. The average Bonchev–Trinajstić information content (AvgIpc) is 2.46. The minimum absolute atomic E-state index is 0.103. The van der Waals surface area contributed by atoms with Gasteiger partial charge in [-0.2, -0.15) is 0 Å². The molecular weight excluding hydrogens is 262 g/mol. The summed E-state index contributed by atoms with van der Waals surface area (Å²) in [5.74, 6) is 0.551. The number of nitrogens with one attached hydrogen (secondary N) is 1. The normalized spacial score (nSPS) is 16.8. The predicted molar refractivity (Wildman–Crippen MR) is 79.5 cm³/mol. The largest absolute Gasteiger partial charge is 0.349 e. The molecule has 0 amide bonds. The number of nitrogens with two attached hydrogens (primary N) is 1. The number of rotatable bonds is 5. The Bertz CT molecular complexity index is 456. The zero-order chi connectivity index (χ0) is 13.7. The van der Waals surface area contributed by atoms with Gasteiger partial charge < -0.3 is 15.6 Å². The lowest BCUT2D eigenvalue weighted by Crippen LogP contribution is -2.45. The Hall–Kier alpha value is -1.05. The molecule has 0 saturated carbocycles. The van der Waals surface area contributed by atoms with Crippen molar-refractivity contribution in [1.82, 2.24) is 14.3 Å². The maximum atomic E-state index is 11.9. The first-order valence-corrected chi connectivity index (χ1v) is 7.75. The zero-order valence-electron chi connectivity index (χ0n) is 11.3. The van der Waals surface area contributed by atoms with E-state index in [1.807, 2.05) is 0 Å². The molecule has 0 atom stereocenters. The fraction of sp³-hybridized carbons (Fsp3) is 0.667. The van der Waals surface area contributed by atoms with Gasteiger partial charge >= 0.3 is 0 Å². The lowest BCUT2D eigenvalue weighted by Gasteiger charge is -2.33. The van der Waals surface area contributed by atoms with E-state index in [1.165, 1.54) is 0 Å². The Labute approximate surface area is 117 Å². The molecule has 0 aromatic carbocycles. The first kappa shape index (κ1) is 14.4. The number of nitrogens with zero attached hydrogens (tertiary/aromatic N) is 3. The molecule has 0 unspecified atom stereocenters. The monoisotopic (exact) mass is 283 g/mol. The van der Waals surface area contributed by atoms with Gasteiger partial charge in [-0.15, -0.1) is 0 Å². The van der Waals surface area contributed by atoms with E-state index in [2.05, 4.69) is 25.4 Å². The fourth-order valence-electron chi connectivity index (χ4n) is 2.14. The number of hydrogen-bond acceptors (Lipinski definition) is 6. The third-order valence-corrected chi connectivity index (χ3v) is 4.14. The highest BCUT2D eigenvalue weighted by molar-refractivity contribution is 7.96. The first-order valence-electron chi connectivity index (χ1n) is 6.57. The van der Waals surface area contributed by atoms with Crippen LogP contribution in [0.1, 0.15) is 12.1 Å². The summed E-state index contributed by atoms with van der Waals surface area (Å²) in [6, 6.07) is 0. The van der Waals surface area contributed by atoms with Crippen LogP contribution in [0.2, 0.25) is 0 Å². The van der Waals surface area contributed by atoms with Crippen LogP contribution in [0.4, 0.5) is 5.82 Å². The SMILES string of the molecule is CSN1CCN(c2nc(CCCN)c[nH]c2=O)CC1. The topological polar surface area (TPSA) is 78.2 Å². The minimum atomic E-state index is -0.103. The van der Waals surface area contributed by atoms with Crippen molar-refractivity contribution in [1.29, 1.82) is 0 Å². The summed E-state index contributed by atoms with van der Waals surface area (Å²) in [6.45, 7) is 4.24. The third kappa shape index (κ3) is 3.71. The van der Waals surface area contributed by atoms with Gasteiger partial charge in [-0.1, -0.05) is 11.9 Å². The summed E-state index contributed by atoms with van der Waals surface area (Å²) in [7, 11) is 0. The second-order valence-corrected chi connectivity index (χ2v) is 5.42. The van der Waals surface area contributed by atoms with Crippen LogP contribution in [0.3, 0.4) is 0 Å². The number of aromatic nitrogens is 2. The number of aryl methyl sites for hydroxylation is 1. The summed E-state index contributed by atoms with van der Waals surface area (Å²) < 4.78 is 2.29. The van der Waals surface area contributed by atoms with Crippen molar-refractivity contribution in [3.63, 3.8) is 0 Å². The van der Waals surface area contributed by atoms with Crippen LogP contribution in [-0.4, -0.2) is 53.3 Å². The summed E-state index contributed by atoms with van der Waals surface area (Å²) >= 11 is 1.75. The second-order valence-electron chi connectivity index (χ2n) is 4.54. The molecule has 106 valence electrons. The molecule has 2 rings (SSSR count). The van der Waals surface area contributed by atoms with Crippen molar-refractivity contribution in [2.45, 2.75) is 12.8 Å². The highest BCUT2D eigenvalue weighted by Gasteiger charge is 2.19. The van der Waals surface area contributed by atoms with Crippen molar-refractivity contribution in [3.8, 4) is 0 Å². The zero-order valence-corrected chi connectivity index (χ0v) is 12.1. The number of H-pyrrole nitrogens is 1. The van der Waals surface area contributed by atoms with Gasteiger partial charge in [0.1, 0.15) is 0 Å². The smallest absolute Gasteiger partial charge is 0.290 e. The van der Waals surface area contributed by atoms with Crippen molar-refractivity contribution >= 4 is 17.8 Å². The van der Waals surface area contributed by atoms with Gasteiger partial charge in [-0.3, -0.25) is 4.79 Å². The molecule has 0 aliphatic carbocycles. The molecule has 0 radical (unpaired) electrons. The molecule has 1 aromatic rings. The molecule has 6 nitrogen and oxygen atoms in total.